The Morgan fingerprint density at radius 1 is 1.37 bits per heavy atom. The minimum absolute atomic E-state index is 0.0791. The number of nitrogens with zero attached hydrogens (tertiary/aromatic N) is 1. The molecule has 0 aromatic heterocycles. The van der Waals surface area contributed by atoms with Gasteiger partial charge in [0.15, 0.2) is 0 Å². The van der Waals surface area contributed by atoms with Crippen LogP contribution in [0.1, 0.15) is 58.8 Å². The highest BCUT2D eigenvalue weighted by Crippen LogP contribution is 2.54. The quantitative estimate of drug-likeness (QED) is 0.423. The smallest absolute Gasteiger partial charge is 0.231 e. The largest absolute Gasteiger partial charge is 0.390 e. The van der Waals surface area contributed by atoms with Crippen LogP contribution in [-0.4, -0.2) is 77.7 Å². The molecule has 3 aliphatic rings. The summed E-state index contributed by atoms with van der Waals surface area (Å²) in [7, 11) is -1.43. The monoisotopic (exact) mass is 442 g/mol. The van der Waals surface area contributed by atoms with Crippen molar-refractivity contribution >= 4 is 13.4 Å². The Bertz CT molecular complexity index is 646. The minimum atomic E-state index is -1.43. The third-order valence-corrected chi connectivity index (χ3v) is 8.14. The molecule has 1 unspecified atom stereocenters. The van der Waals surface area contributed by atoms with E-state index in [1.165, 1.54) is 0 Å². The van der Waals surface area contributed by atoms with Gasteiger partial charge in [-0.15, -0.1) is 0 Å². The van der Waals surface area contributed by atoms with Gasteiger partial charge in [-0.2, -0.15) is 0 Å². The number of hydrogen-bond acceptors (Lipinski definition) is 5. The van der Waals surface area contributed by atoms with Gasteiger partial charge in [0, 0.05) is 5.92 Å². The number of unbranched alkanes of at least 4 members (excludes halogenated alkanes) is 1. The molecule has 6 nitrogen and oxygen atoms in total. The van der Waals surface area contributed by atoms with Crippen molar-refractivity contribution in [3.05, 3.63) is 12.2 Å². The maximum atomic E-state index is 13.6. The number of fused-ring (bicyclic) bond motifs is 1. The Labute approximate surface area is 182 Å². The number of allylic oxidation sites excluding steroid dienone is 1. The van der Waals surface area contributed by atoms with Gasteiger partial charge in [0.25, 0.3) is 0 Å². The second kappa shape index (κ2) is 9.15. The minimum Gasteiger partial charge on any atom is -0.390 e. The fourth-order valence-corrected chi connectivity index (χ4v) is 6.14. The van der Waals surface area contributed by atoms with E-state index in [1.807, 2.05) is 0 Å². The molecule has 1 amide bonds. The number of rotatable bonds is 9. The summed E-state index contributed by atoms with van der Waals surface area (Å²) in [5.41, 5.74) is -2.51. The third-order valence-electron chi connectivity index (χ3n) is 7.18. The van der Waals surface area contributed by atoms with Gasteiger partial charge in [0.1, 0.15) is 24.9 Å². The molecule has 172 valence electrons. The molecule has 30 heavy (non-hydrogen) atoms. The van der Waals surface area contributed by atoms with E-state index in [2.05, 4.69) is 39.1 Å². The van der Waals surface area contributed by atoms with Crippen LogP contribution >= 0.6 is 7.49 Å². The van der Waals surface area contributed by atoms with Crippen LogP contribution in [0.2, 0.25) is 0 Å². The van der Waals surface area contributed by atoms with E-state index in [-0.39, 0.29) is 24.7 Å². The van der Waals surface area contributed by atoms with Crippen molar-refractivity contribution in [3.8, 4) is 0 Å². The topological polar surface area (TPSA) is 79.2 Å². The first-order valence-corrected chi connectivity index (χ1v) is 14.6. The second-order valence-electron chi connectivity index (χ2n) is 10.2. The standard InChI is InChI=1S/C23H41NO5P/c1-6-7-13-19-24-21(26)18(14-15-29-30(3,4)5)22(2,27)23(24,16-28-19)20(25)17-11-9-8-10-12-17/h9,11,17-20,25,27H,6-8,10,12-16H2,1-5H3/q+1/t17-,18?,19+,20-,22+,23-/m1/s1. The molecule has 0 saturated carbocycles. The average Bonchev–Trinajstić information content (AvgIpc) is 3.15. The molecule has 2 heterocycles. The van der Waals surface area contributed by atoms with Crippen LogP contribution in [-0.2, 0) is 14.1 Å². The summed E-state index contributed by atoms with van der Waals surface area (Å²) in [5.74, 6) is -0.780. The first kappa shape index (κ1) is 24.1. The zero-order valence-electron chi connectivity index (χ0n) is 19.3. The van der Waals surface area contributed by atoms with Gasteiger partial charge in [0.2, 0.25) is 5.91 Å². The summed E-state index contributed by atoms with van der Waals surface area (Å²) in [6, 6.07) is 0. The van der Waals surface area contributed by atoms with Crippen molar-refractivity contribution in [2.45, 2.75) is 82.3 Å². The molecule has 7 heteroatoms. The van der Waals surface area contributed by atoms with Crippen molar-refractivity contribution in [1.82, 2.24) is 4.90 Å². The van der Waals surface area contributed by atoms with Crippen molar-refractivity contribution < 1.29 is 24.3 Å². The first-order chi connectivity index (χ1) is 14.1. The van der Waals surface area contributed by atoms with Crippen molar-refractivity contribution in [2.24, 2.45) is 11.8 Å². The number of carbonyl (C=O) groups is 1. The lowest BCUT2D eigenvalue weighted by Crippen LogP contribution is -2.66. The van der Waals surface area contributed by atoms with Gasteiger partial charge in [-0.05, 0) is 45.4 Å². The summed E-state index contributed by atoms with van der Waals surface area (Å²) in [6.45, 7) is 10.7. The predicted molar refractivity (Wildman–Crippen MR) is 121 cm³/mol. The second-order valence-corrected chi connectivity index (χ2v) is 14.3. The molecule has 0 aromatic rings. The number of aliphatic hydroxyl groups is 2. The molecule has 2 fully saturated rings. The Balaban J connectivity index is 1.92. The van der Waals surface area contributed by atoms with E-state index in [1.54, 1.807) is 11.8 Å². The SMILES string of the molecule is CCCC[C@@H]1OC[C@]2([C@H](O)[C@@H]3C=CCCC3)N1C(=O)C(CCO[P+](C)(C)C)[C@]2(C)O. The Hall–Kier alpha value is -0.520. The molecule has 1 aliphatic carbocycles. The van der Waals surface area contributed by atoms with E-state index in [0.717, 1.165) is 38.5 Å². The zero-order valence-corrected chi connectivity index (χ0v) is 20.2. The molecule has 0 spiro atoms. The Kier molecular flexibility index (Phi) is 7.36. The van der Waals surface area contributed by atoms with Crippen molar-refractivity contribution in [3.63, 3.8) is 0 Å². The summed E-state index contributed by atoms with van der Waals surface area (Å²) in [6.07, 6.45) is 8.93. The van der Waals surface area contributed by atoms with Crippen LogP contribution < -0.4 is 0 Å². The molecule has 2 N–H and O–H groups in total. The Morgan fingerprint density at radius 3 is 2.70 bits per heavy atom. The van der Waals surface area contributed by atoms with E-state index < -0.39 is 30.7 Å². The number of ether oxygens (including phenoxy) is 1. The first-order valence-electron chi connectivity index (χ1n) is 11.5. The van der Waals surface area contributed by atoms with E-state index in [9.17, 15) is 15.0 Å². The van der Waals surface area contributed by atoms with Gasteiger partial charge < -0.3 is 19.8 Å². The summed E-state index contributed by atoms with van der Waals surface area (Å²) in [4.78, 5) is 15.4. The van der Waals surface area contributed by atoms with Crippen LogP contribution in [0.4, 0.5) is 0 Å². The van der Waals surface area contributed by atoms with Crippen LogP contribution in [0.5, 0.6) is 0 Å². The van der Waals surface area contributed by atoms with Crippen LogP contribution in [0.3, 0.4) is 0 Å². The highest BCUT2D eigenvalue weighted by molar-refractivity contribution is 7.69. The summed E-state index contributed by atoms with van der Waals surface area (Å²) >= 11 is 0. The van der Waals surface area contributed by atoms with Gasteiger partial charge in [0.05, 0.1) is 45.2 Å². The molecule has 2 aliphatic heterocycles. The number of carbonyl (C=O) groups excluding carboxylic acids is 1. The highest BCUT2D eigenvalue weighted by Gasteiger charge is 2.73. The highest BCUT2D eigenvalue weighted by atomic mass is 31.2. The molecular weight excluding hydrogens is 401 g/mol. The maximum absolute atomic E-state index is 13.6. The number of aliphatic hydroxyl groups excluding tert-OH is 1. The lowest BCUT2D eigenvalue weighted by atomic mass is 9.68. The maximum Gasteiger partial charge on any atom is 0.231 e. The zero-order chi connectivity index (χ0) is 22.2. The number of amides is 1. The van der Waals surface area contributed by atoms with Gasteiger partial charge in [-0.25, -0.2) is 4.52 Å². The number of hydrogen-bond donors (Lipinski definition) is 2. The van der Waals surface area contributed by atoms with Crippen LogP contribution in [0.15, 0.2) is 12.2 Å². The molecule has 0 aromatic carbocycles. The molecule has 0 radical (unpaired) electrons. The van der Waals surface area contributed by atoms with Gasteiger partial charge >= 0.3 is 0 Å². The lowest BCUT2D eigenvalue weighted by molar-refractivity contribution is -0.142. The molecule has 3 rings (SSSR count). The van der Waals surface area contributed by atoms with Gasteiger partial charge in [-0.3, -0.25) is 4.79 Å². The predicted octanol–water partition coefficient (Wildman–Crippen LogP) is 3.43. The van der Waals surface area contributed by atoms with Crippen LogP contribution in [0.25, 0.3) is 0 Å². The fourth-order valence-electron chi connectivity index (χ4n) is 5.49. The summed E-state index contributed by atoms with van der Waals surface area (Å²) in [5, 5.41) is 23.4. The van der Waals surface area contributed by atoms with E-state index in [4.69, 9.17) is 9.26 Å². The molecule has 0 bridgehead atoms. The normalized spacial score (nSPS) is 37.6. The van der Waals surface area contributed by atoms with Crippen molar-refractivity contribution in [2.75, 3.05) is 33.2 Å². The van der Waals surface area contributed by atoms with E-state index in [0.29, 0.717) is 13.0 Å². The van der Waals surface area contributed by atoms with Crippen molar-refractivity contribution in [1.29, 1.82) is 0 Å². The lowest BCUT2D eigenvalue weighted by Gasteiger charge is -2.46. The summed E-state index contributed by atoms with van der Waals surface area (Å²) < 4.78 is 12.1. The molecule has 2 saturated heterocycles. The Morgan fingerprint density at radius 2 is 2.10 bits per heavy atom. The third kappa shape index (κ3) is 4.23. The molecule has 6 atom stereocenters. The fraction of sp³-hybridized carbons (Fsp3) is 0.870. The van der Waals surface area contributed by atoms with Crippen LogP contribution in [0, 0.1) is 11.8 Å². The van der Waals surface area contributed by atoms with E-state index >= 15 is 0 Å². The molecular formula is C23H41NO5P+. The van der Waals surface area contributed by atoms with Gasteiger partial charge in [-0.1, -0.05) is 25.5 Å². The average molecular weight is 443 g/mol.